The highest BCUT2D eigenvalue weighted by Crippen LogP contribution is 2.47. The van der Waals surface area contributed by atoms with Crippen LogP contribution in [0.25, 0.3) is 0 Å². The van der Waals surface area contributed by atoms with Gasteiger partial charge in [0.25, 0.3) is 5.91 Å². The zero-order chi connectivity index (χ0) is 36.8. The molecule has 2 saturated carbocycles. The van der Waals surface area contributed by atoms with Gasteiger partial charge in [0.15, 0.2) is 11.4 Å². The molecule has 1 aromatic heterocycles. The number of hydrogen-bond donors (Lipinski definition) is 3. The summed E-state index contributed by atoms with van der Waals surface area (Å²) in [5.41, 5.74) is 2.65. The summed E-state index contributed by atoms with van der Waals surface area (Å²) in [6.07, 6.45) is 6.65. The van der Waals surface area contributed by atoms with E-state index >= 15 is 0 Å². The molecule has 0 bridgehead atoms. The van der Waals surface area contributed by atoms with Crippen LogP contribution in [0.1, 0.15) is 94.0 Å². The summed E-state index contributed by atoms with van der Waals surface area (Å²) in [6, 6.07) is 2.09. The van der Waals surface area contributed by atoms with Gasteiger partial charge in [0.1, 0.15) is 11.8 Å². The van der Waals surface area contributed by atoms with Crippen LogP contribution in [0.15, 0.2) is 29.8 Å². The number of H-pyrrole nitrogens is 1. The molecule has 2 aliphatic carbocycles. The van der Waals surface area contributed by atoms with Gasteiger partial charge in [-0.15, -0.1) is 0 Å². The van der Waals surface area contributed by atoms with Gasteiger partial charge in [-0.1, -0.05) is 38.8 Å². The highest BCUT2D eigenvalue weighted by molar-refractivity contribution is 6.37. The van der Waals surface area contributed by atoms with E-state index in [1.807, 2.05) is 46.8 Å². The summed E-state index contributed by atoms with van der Waals surface area (Å²) in [5.74, 6) is -2.27. The van der Waals surface area contributed by atoms with Crippen molar-refractivity contribution in [3.63, 3.8) is 0 Å². The number of benzene rings is 1. The average Bonchev–Trinajstić information content (AvgIpc) is 3.92. The van der Waals surface area contributed by atoms with Gasteiger partial charge in [0, 0.05) is 61.5 Å². The number of aromatic nitrogens is 2. The Kier molecular flexibility index (Phi) is 9.86. The van der Waals surface area contributed by atoms with E-state index in [1.54, 1.807) is 19.6 Å². The van der Waals surface area contributed by atoms with Gasteiger partial charge < -0.3 is 30.1 Å². The van der Waals surface area contributed by atoms with Gasteiger partial charge in [-0.2, -0.15) is 0 Å². The number of carbonyl (C=O) groups excluding carboxylic acids is 5. The van der Waals surface area contributed by atoms with Crippen molar-refractivity contribution >= 4 is 35.0 Å². The third kappa shape index (κ3) is 7.57. The van der Waals surface area contributed by atoms with Crippen LogP contribution < -0.4 is 15.4 Å². The second kappa shape index (κ2) is 13.9. The maximum atomic E-state index is 14.7. The molecule has 0 radical (unpaired) electrons. The number of aromatic amines is 1. The number of imidazole rings is 1. The zero-order valence-electron chi connectivity index (χ0n) is 30.6. The Labute approximate surface area is 298 Å². The topological polar surface area (TPSA) is 172 Å². The van der Waals surface area contributed by atoms with Crippen molar-refractivity contribution in [2.45, 2.75) is 103 Å². The molecule has 13 nitrogen and oxygen atoms in total. The highest BCUT2D eigenvalue weighted by Gasteiger charge is 2.56. The number of carbonyl (C=O) groups is 5. The maximum Gasteiger partial charge on any atom is 0.287 e. The van der Waals surface area contributed by atoms with E-state index in [2.05, 4.69) is 25.8 Å². The lowest BCUT2D eigenvalue weighted by molar-refractivity contribution is -0.145. The van der Waals surface area contributed by atoms with Gasteiger partial charge in [0.2, 0.25) is 17.6 Å². The van der Waals surface area contributed by atoms with E-state index in [1.165, 1.54) is 11.9 Å². The minimum absolute atomic E-state index is 0.00143. The van der Waals surface area contributed by atoms with E-state index in [9.17, 15) is 24.0 Å². The molecule has 2 aliphatic heterocycles. The molecule has 1 spiro atoms. The molecule has 3 N–H and O–H groups in total. The summed E-state index contributed by atoms with van der Waals surface area (Å²) in [4.78, 5) is 83.1. The number of oxime groups is 1. The second-order valence-electron chi connectivity index (χ2n) is 16.1. The number of likely N-dealkylation sites (N-methyl/N-ethyl adjacent to an activating group) is 1. The molecule has 4 aliphatic rings. The van der Waals surface area contributed by atoms with Crippen molar-refractivity contribution in [2.24, 2.45) is 28.3 Å². The summed E-state index contributed by atoms with van der Waals surface area (Å²) >= 11 is 0. The van der Waals surface area contributed by atoms with Crippen LogP contribution >= 0.6 is 0 Å². The molecule has 6 rings (SSSR count). The van der Waals surface area contributed by atoms with Gasteiger partial charge in [0.05, 0.1) is 31.7 Å². The molecule has 3 amide bonds. The number of Topliss-reactive ketones (excluding diaryl/α,β-unsaturated/α-hetero) is 2. The van der Waals surface area contributed by atoms with Gasteiger partial charge in [-0.25, -0.2) is 4.98 Å². The summed E-state index contributed by atoms with van der Waals surface area (Å²) in [7, 11) is 3.03. The average molecular weight is 703 g/mol. The zero-order valence-corrected chi connectivity index (χ0v) is 30.6. The molecule has 6 atom stereocenters. The first-order valence-corrected chi connectivity index (χ1v) is 17.9. The quantitative estimate of drug-likeness (QED) is 0.266. The number of ketones is 2. The molecule has 51 heavy (non-hydrogen) atoms. The predicted octanol–water partition coefficient (Wildman–Crippen LogP) is 3.52. The highest BCUT2D eigenvalue weighted by atomic mass is 16.7. The number of likely N-dealkylation sites (tertiary alicyclic amines) is 1. The van der Waals surface area contributed by atoms with E-state index in [-0.39, 0.29) is 42.9 Å². The Morgan fingerprint density at radius 1 is 1.14 bits per heavy atom. The fraction of sp³-hybridized carbons (Fsp3) is 0.605. The lowest BCUT2D eigenvalue weighted by Gasteiger charge is -2.35. The Morgan fingerprint density at radius 2 is 1.84 bits per heavy atom. The number of methoxy groups -OCH3 is 1. The van der Waals surface area contributed by atoms with Gasteiger partial charge in [-0.05, 0) is 61.3 Å². The molecule has 1 aromatic carbocycles. The first-order valence-electron chi connectivity index (χ1n) is 17.9. The number of nitrogens with one attached hydrogen (secondary N) is 3. The summed E-state index contributed by atoms with van der Waals surface area (Å²) in [6.45, 7) is 9.64. The Bertz CT molecular complexity index is 1720. The fourth-order valence-corrected chi connectivity index (χ4v) is 7.86. The van der Waals surface area contributed by atoms with E-state index in [0.29, 0.717) is 30.9 Å². The van der Waals surface area contributed by atoms with Crippen LogP contribution in [0.5, 0.6) is 5.75 Å². The molecular formula is C38H50N6O7. The van der Waals surface area contributed by atoms with Crippen molar-refractivity contribution in [1.82, 2.24) is 25.5 Å². The molecule has 3 heterocycles. The van der Waals surface area contributed by atoms with Gasteiger partial charge >= 0.3 is 0 Å². The summed E-state index contributed by atoms with van der Waals surface area (Å²) in [5, 5.41) is 9.93. The predicted molar refractivity (Wildman–Crippen MR) is 188 cm³/mol. The Balaban J connectivity index is 1.27. The Morgan fingerprint density at radius 3 is 2.43 bits per heavy atom. The van der Waals surface area contributed by atoms with Crippen LogP contribution in [0.4, 0.5) is 0 Å². The van der Waals surface area contributed by atoms with Crippen molar-refractivity contribution in [3.05, 3.63) is 47.0 Å². The van der Waals surface area contributed by atoms with Crippen molar-refractivity contribution < 1.29 is 33.5 Å². The monoisotopic (exact) mass is 702 g/mol. The first-order chi connectivity index (χ1) is 24.1. The number of nitrogens with zero attached hydrogens (tertiary/aromatic N) is 3. The van der Waals surface area contributed by atoms with Crippen LogP contribution in [-0.2, 0) is 28.8 Å². The van der Waals surface area contributed by atoms with Crippen molar-refractivity contribution in [1.29, 1.82) is 0 Å². The summed E-state index contributed by atoms with van der Waals surface area (Å²) < 4.78 is 5.55. The lowest BCUT2D eigenvalue weighted by atomic mass is 9.84. The molecule has 13 heteroatoms. The van der Waals surface area contributed by atoms with Crippen LogP contribution in [-0.4, -0.2) is 88.3 Å². The third-order valence-corrected chi connectivity index (χ3v) is 10.9. The minimum Gasteiger partial charge on any atom is -0.496 e. The number of rotatable bonds is 13. The fourth-order valence-electron chi connectivity index (χ4n) is 7.86. The van der Waals surface area contributed by atoms with E-state index in [4.69, 9.17) is 9.57 Å². The number of hydrogen-bond acceptors (Lipinski definition) is 9. The maximum absolute atomic E-state index is 14.7. The second-order valence-corrected chi connectivity index (χ2v) is 16.1. The molecule has 1 unspecified atom stereocenters. The molecule has 2 aromatic rings. The van der Waals surface area contributed by atoms with Gasteiger partial charge in [-0.3, -0.25) is 24.0 Å². The molecule has 274 valence electrons. The van der Waals surface area contributed by atoms with Crippen molar-refractivity contribution in [3.8, 4) is 5.75 Å². The SMILES string of the molecule is CNC(=O)C(=O)[C@@H](CC(=O)C1C[C@]2(CC(c3cc(C)c(OC)c(C)c3)=NO2)CN1C(=O)[C@@H](NC(=O)[C@@H]1C[C@H]1c1cnc[nH]1)C(C)(C)C)CC1CC1. The molecule has 1 saturated heterocycles. The smallest absolute Gasteiger partial charge is 0.287 e. The minimum atomic E-state index is -0.988. The number of ether oxygens (including phenoxy) is 1. The van der Waals surface area contributed by atoms with E-state index < -0.39 is 46.6 Å². The molecular weight excluding hydrogens is 652 g/mol. The Hall–Kier alpha value is -4.55. The number of aryl methyl sites for hydroxylation is 2. The van der Waals surface area contributed by atoms with E-state index in [0.717, 1.165) is 41.0 Å². The normalized spacial score (nSPS) is 25.1. The van der Waals surface area contributed by atoms with Crippen molar-refractivity contribution in [2.75, 3.05) is 20.7 Å². The largest absolute Gasteiger partial charge is 0.496 e. The number of amides is 3. The van der Waals surface area contributed by atoms with Crippen LogP contribution in [0.2, 0.25) is 0 Å². The van der Waals surface area contributed by atoms with Crippen LogP contribution in [0, 0.1) is 37.0 Å². The van der Waals surface area contributed by atoms with Crippen LogP contribution in [0.3, 0.4) is 0 Å². The standard InChI is InChI=1S/C38H50N6O7/c1-20-10-23(11-21(2)32(20)50-7)27-15-38(51-43-27)16-29(30(45)13-24(12-22-8-9-22)31(46)35(48)39-6)44(18-38)36(49)33(37(3,4)5)42-34(47)26-14-25(26)28-17-40-19-41-28/h10-11,17,19,22,24-26,29,33H,8-9,12-16,18H2,1-7H3,(H,39,48)(H,40,41)(H,42,47)/t24-,25-,26-,29?,33-,38-/m1/s1. The lowest BCUT2D eigenvalue weighted by Crippen LogP contribution is -2.57. The third-order valence-electron chi connectivity index (χ3n) is 10.9. The first kappa shape index (κ1) is 36.2. The molecule has 3 fully saturated rings.